The number of phenols is 1. The quantitative estimate of drug-likeness (QED) is 0.111. The minimum absolute atomic E-state index is 0.0294. The fourth-order valence-electron chi connectivity index (χ4n) is 13.4. The molecule has 3 amide bonds. The number of piperidine rings is 4. The maximum Gasteiger partial charge on any atom is 0.319 e. The molecule has 2 aromatic heterocycles. The maximum absolute atomic E-state index is 17.1. The average Bonchev–Trinajstić information content (AvgIpc) is 4.11. The standard InChI is InChI=1S/C58H69F3N10O5/c1-3-42-46(59)9-6-37-28-41(72)29-44(49(37)42)51-50(60)52-45(30-62-51)53(70-18-4-5-36(2)31-70)65-56(64-52)76-35-57(14-15-57)33-67-21-16-58(61,17-22-67)34-66-19-12-39(13-20-66)68-23-25-69(26-24-68)40-7-8-43-38(27-40)32-71(55(43)75)47-10-11-48(73)63-54(47)74/h6-9,27-30,36,39,47,72H,3-5,10-26,31-35H2,1-2H3,(H,63,73,74)/t36-,47-/m0/s1. The van der Waals surface area contributed by atoms with Gasteiger partial charge in [-0.25, -0.2) is 13.2 Å². The first kappa shape index (κ1) is 50.7. The Morgan fingerprint density at radius 3 is 2.34 bits per heavy atom. The lowest BCUT2D eigenvalue weighted by molar-refractivity contribution is -0.136. The number of carbonyl (C=O) groups is 3. The second kappa shape index (κ2) is 20.4. The average molecular weight is 1040 g/mol. The topological polar surface area (TPSA) is 151 Å². The zero-order chi connectivity index (χ0) is 52.5. The molecule has 402 valence electrons. The van der Waals surface area contributed by atoms with Crippen LogP contribution < -0.4 is 19.9 Å². The van der Waals surface area contributed by atoms with E-state index in [2.05, 4.69) is 47.8 Å². The predicted molar refractivity (Wildman–Crippen MR) is 284 cm³/mol. The van der Waals surface area contributed by atoms with Crippen molar-refractivity contribution in [2.24, 2.45) is 11.3 Å². The van der Waals surface area contributed by atoms with Crippen LogP contribution in [0.1, 0.15) is 99.5 Å². The van der Waals surface area contributed by atoms with Crippen LogP contribution in [0.15, 0.2) is 48.7 Å². The van der Waals surface area contributed by atoms with Gasteiger partial charge in [-0.15, -0.1) is 0 Å². The highest BCUT2D eigenvalue weighted by molar-refractivity contribution is 6.06. The van der Waals surface area contributed by atoms with Gasteiger partial charge in [0.15, 0.2) is 5.82 Å². The van der Waals surface area contributed by atoms with Crippen LogP contribution in [0.25, 0.3) is 32.9 Å². The number of ether oxygens (including phenoxy) is 1. The third-order valence-corrected chi connectivity index (χ3v) is 17.9. The number of hydrogen-bond acceptors (Lipinski definition) is 13. The number of aromatic hydroxyl groups is 1. The number of benzene rings is 3. The van der Waals surface area contributed by atoms with Gasteiger partial charge in [0.05, 0.1) is 12.0 Å². The third kappa shape index (κ3) is 9.93. The number of fused-ring (bicyclic) bond motifs is 3. The zero-order valence-electron chi connectivity index (χ0n) is 43.8. The molecule has 15 nitrogen and oxygen atoms in total. The molecule has 7 aliphatic rings. The molecule has 3 aromatic carbocycles. The van der Waals surface area contributed by atoms with Gasteiger partial charge in [0.1, 0.15) is 40.3 Å². The molecule has 76 heavy (non-hydrogen) atoms. The van der Waals surface area contributed by atoms with Crippen LogP contribution in [0.5, 0.6) is 11.8 Å². The maximum atomic E-state index is 17.1. The van der Waals surface area contributed by atoms with E-state index < -0.39 is 29.3 Å². The van der Waals surface area contributed by atoms with E-state index in [9.17, 15) is 19.5 Å². The van der Waals surface area contributed by atoms with Gasteiger partial charge >= 0.3 is 6.01 Å². The highest BCUT2D eigenvalue weighted by Crippen LogP contribution is 2.48. The monoisotopic (exact) mass is 1040 g/mol. The summed E-state index contributed by atoms with van der Waals surface area (Å²) in [7, 11) is 0. The Kier molecular flexibility index (Phi) is 13.6. The summed E-state index contributed by atoms with van der Waals surface area (Å²) in [6, 6.07) is 11.9. The number of anilines is 2. The molecule has 2 N–H and O–H groups in total. The predicted octanol–water partition coefficient (Wildman–Crippen LogP) is 7.64. The van der Waals surface area contributed by atoms with Crippen molar-refractivity contribution >= 4 is 50.9 Å². The number of aromatic nitrogens is 3. The molecule has 18 heteroatoms. The van der Waals surface area contributed by atoms with E-state index >= 15 is 13.2 Å². The molecule has 5 saturated heterocycles. The fraction of sp³-hybridized carbons (Fsp3) is 0.552. The molecular weight excluding hydrogens is 974 g/mol. The number of pyridine rings is 1. The van der Waals surface area contributed by atoms with E-state index in [1.807, 2.05) is 19.1 Å². The van der Waals surface area contributed by atoms with Crippen LogP contribution >= 0.6 is 0 Å². The Hall–Kier alpha value is -6.11. The van der Waals surface area contributed by atoms with E-state index in [4.69, 9.17) is 14.7 Å². The largest absolute Gasteiger partial charge is 0.508 e. The van der Waals surface area contributed by atoms with Crippen molar-refractivity contribution in [2.45, 2.75) is 109 Å². The molecule has 8 heterocycles. The number of phenolic OH excluding ortho intramolecular Hbond substituents is 1. The van der Waals surface area contributed by atoms with Gasteiger partial charge in [0, 0.05) is 113 Å². The van der Waals surface area contributed by atoms with Crippen LogP contribution in [0.2, 0.25) is 0 Å². The van der Waals surface area contributed by atoms with E-state index in [1.54, 1.807) is 23.2 Å². The molecule has 5 aromatic rings. The van der Waals surface area contributed by atoms with E-state index in [0.717, 1.165) is 109 Å². The minimum atomic E-state index is -1.24. The van der Waals surface area contributed by atoms with Gasteiger partial charge in [-0.2, -0.15) is 9.97 Å². The minimum Gasteiger partial charge on any atom is -0.508 e. The lowest BCUT2D eigenvalue weighted by Gasteiger charge is -2.45. The van der Waals surface area contributed by atoms with Crippen molar-refractivity contribution in [1.82, 2.24) is 39.9 Å². The Labute approximate surface area is 441 Å². The van der Waals surface area contributed by atoms with E-state index in [1.165, 1.54) is 12.1 Å². The van der Waals surface area contributed by atoms with E-state index in [-0.39, 0.29) is 46.6 Å². The molecule has 2 atom stereocenters. The number of alkyl halides is 1. The van der Waals surface area contributed by atoms with Crippen LogP contribution in [-0.4, -0.2) is 160 Å². The molecule has 6 fully saturated rings. The molecule has 1 aliphatic carbocycles. The number of imide groups is 1. The van der Waals surface area contributed by atoms with Crippen LogP contribution in [0.4, 0.5) is 24.7 Å². The highest BCUT2D eigenvalue weighted by atomic mass is 19.1. The van der Waals surface area contributed by atoms with Crippen LogP contribution in [-0.2, 0) is 22.6 Å². The normalized spacial score (nSPS) is 23.6. The first-order valence-electron chi connectivity index (χ1n) is 27.8. The van der Waals surface area contributed by atoms with Gasteiger partial charge in [0.2, 0.25) is 11.8 Å². The molecule has 6 aliphatic heterocycles. The first-order valence-corrected chi connectivity index (χ1v) is 27.8. The number of halogens is 3. The van der Waals surface area contributed by atoms with Gasteiger partial charge in [0.25, 0.3) is 5.91 Å². The summed E-state index contributed by atoms with van der Waals surface area (Å²) in [5, 5.41) is 14.7. The second-order valence-electron chi connectivity index (χ2n) is 23.2. The zero-order valence-corrected chi connectivity index (χ0v) is 43.8. The highest BCUT2D eigenvalue weighted by Gasteiger charge is 2.47. The molecule has 0 unspecified atom stereocenters. The first-order chi connectivity index (χ1) is 36.7. The van der Waals surface area contributed by atoms with Crippen LogP contribution in [0, 0.1) is 23.0 Å². The Morgan fingerprint density at radius 2 is 1.61 bits per heavy atom. The summed E-state index contributed by atoms with van der Waals surface area (Å²) in [6.07, 6.45) is 9.53. The number of piperazine rings is 1. The van der Waals surface area contributed by atoms with Crippen LogP contribution in [0.3, 0.4) is 0 Å². The van der Waals surface area contributed by atoms with Crippen molar-refractivity contribution in [3.8, 4) is 23.0 Å². The fourth-order valence-corrected chi connectivity index (χ4v) is 13.4. The summed E-state index contributed by atoms with van der Waals surface area (Å²) in [6.45, 7) is 14.3. The number of likely N-dealkylation sites (tertiary alicyclic amines) is 2. The number of nitrogens with zero attached hydrogens (tertiary/aromatic N) is 9. The van der Waals surface area contributed by atoms with Gasteiger partial charge < -0.3 is 34.3 Å². The summed E-state index contributed by atoms with van der Waals surface area (Å²) >= 11 is 0. The Bertz CT molecular complexity index is 3080. The van der Waals surface area contributed by atoms with Crippen molar-refractivity contribution in [1.29, 1.82) is 0 Å². The Morgan fingerprint density at radius 1 is 0.829 bits per heavy atom. The second-order valence-corrected chi connectivity index (χ2v) is 23.2. The van der Waals surface area contributed by atoms with Gasteiger partial charge in [-0.05, 0) is 142 Å². The Balaban J connectivity index is 0.640. The summed E-state index contributed by atoms with van der Waals surface area (Å²) < 4.78 is 55.5. The van der Waals surface area contributed by atoms with Gasteiger partial charge in [-0.3, -0.25) is 29.6 Å². The lowest BCUT2D eigenvalue weighted by Crippen LogP contribution is -2.55. The van der Waals surface area contributed by atoms with Crippen molar-refractivity contribution < 1.29 is 37.4 Å². The number of carbonyl (C=O) groups excluding carboxylic acids is 3. The number of rotatable bonds is 13. The SMILES string of the molecule is CCc1c(F)ccc2cc(O)cc(-c3ncc4c(N5CCC[C@H](C)C5)nc(OCC5(CN6CCC(F)(CN7CCC(N8CCN(c9ccc%10c(c9)CN([C@H]9CCC(=O)NC9=O)C%10=O)CC8)CC7)CC6)CC5)nc4c3F)c12. The smallest absolute Gasteiger partial charge is 0.319 e. The lowest BCUT2D eigenvalue weighted by atomic mass is 9.90. The number of hydrogen-bond donors (Lipinski definition) is 2. The van der Waals surface area contributed by atoms with Crippen molar-refractivity contribution in [3.63, 3.8) is 0 Å². The number of nitrogens with one attached hydrogen (secondary N) is 1. The number of amides is 3. The molecule has 12 rings (SSSR count). The molecular formula is C58H69F3N10O5. The van der Waals surface area contributed by atoms with Crippen molar-refractivity contribution in [2.75, 3.05) is 94.9 Å². The molecule has 0 spiro atoms. The van der Waals surface area contributed by atoms with E-state index in [0.29, 0.717) is 109 Å². The van der Waals surface area contributed by atoms with Crippen molar-refractivity contribution in [3.05, 3.63) is 77.0 Å². The summed E-state index contributed by atoms with van der Waals surface area (Å²) in [5.74, 6) is -1.02. The molecule has 0 radical (unpaired) electrons. The summed E-state index contributed by atoms with van der Waals surface area (Å²) in [4.78, 5) is 65.2. The summed E-state index contributed by atoms with van der Waals surface area (Å²) in [5.41, 5.74) is 2.01. The third-order valence-electron chi connectivity index (χ3n) is 17.9. The number of aryl methyl sites for hydroxylation is 1. The van der Waals surface area contributed by atoms with Gasteiger partial charge in [-0.1, -0.05) is 19.9 Å². The molecule has 1 saturated carbocycles. The molecule has 0 bridgehead atoms.